The minimum atomic E-state index is -0.544. The fraction of sp³-hybridized carbons (Fsp3) is 0.375. The first-order valence-electron chi connectivity index (χ1n) is 7.64. The molecule has 0 bridgehead atoms. The van der Waals surface area contributed by atoms with Gasteiger partial charge in [0, 0.05) is 43.9 Å². The molecule has 118 valence electrons. The van der Waals surface area contributed by atoms with Crippen molar-refractivity contribution < 1.29 is 4.92 Å². The van der Waals surface area contributed by atoms with Gasteiger partial charge in [-0.15, -0.1) is 0 Å². The molecule has 1 aromatic heterocycles. The lowest BCUT2D eigenvalue weighted by Crippen LogP contribution is -2.08. The van der Waals surface area contributed by atoms with Crippen LogP contribution in [0.5, 0.6) is 0 Å². The monoisotopic (exact) mass is 311 g/mol. The number of benzene rings is 1. The molecule has 1 aliphatic rings. The van der Waals surface area contributed by atoms with Crippen LogP contribution < -0.4 is 5.32 Å². The van der Waals surface area contributed by atoms with Gasteiger partial charge in [-0.1, -0.05) is 0 Å². The zero-order valence-corrected chi connectivity index (χ0v) is 12.7. The molecule has 0 amide bonds. The van der Waals surface area contributed by atoms with E-state index < -0.39 is 4.92 Å². The summed E-state index contributed by atoms with van der Waals surface area (Å²) in [4.78, 5) is 14.9. The number of aromatic nitrogens is 2. The molecule has 7 nitrogen and oxygen atoms in total. The predicted molar refractivity (Wildman–Crippen MR) is 85.2 cm³/mol. The molecule has 0 radical (unpaired) electrons. The summed E-state index contributed by atoms with van der Waals surface area (Å²) >= 11 is 0. The summed E-state index contributed by atoms with van der Waals surface area (Å²) in [6.45, 7) is 1.71. The standard InChI is InChI=1S/C16H17N5O2/c17-10-12-9-13(4-5-15(12)21(22)23)18-7-6-14-11-20-8-2-1-3-16(20)19-14/h4-5,9,11,18H,1-3,6-8H2. The van der Waals surface area contributed by atoms with Gasteiger partial charge in [0.2, 0.25) is 0 Å². The van der Waals surface area contributed by atoms with E-state index in [1.54, 1.807) is 6.07 Å². The van der Waals surface area contributed by atoms with Crippen LogP contribution in [-0.2, 0) is 19.4 Å². The highest BCUT2D eigenvalue weighted by molar-refractivity contribution is 5.58. The van der Waals surface area contributed by atoms with Gasteiger partial charge in [-0.05, 0) is 25.0 Å². The zero-order chi connectivity index (χ0) is 16.2. The lowest BCUT2D eigenvalue weighted by Gasteiger charge is -2.11. The molecule has 1 aromatic carbocycles. The van der Waals surface area contributed by atoms with E-state index in [2.05, 4.69) is 21.1 Å². The molecule has 0 spiro atoms. The molecular formula is C16H17N5O2. The Bertz CT molecular complexity index is 752. The molecule has 7 heteroatoms. The second-order valence-corrected chi connectivity index (χ2v) is 5.58. The van der Waals surface area contributed by atoms with Gasteiger partial charge in [-0.2, -0.15) is 5.26 Å². The maximum Gasteiger partial charge on any atom is 0.287 e. The van der Waals surface area contributed by atoms with Gasteiger partial charge in [-0.3, -0.25) is 10.1 Å². The van der Waals surface area contributed by atoms with Crippen LogP contribution in [0, 0.1) is 21.4 Å². The molecule has 0 saturated heterocycles. The van der Waals surface area contributed by atoms with Crippen molar-refractivity contribution in [1.82, 2.24) is 9.55 Å². The average molecular weight is 311 g/mol. The van der Waals surface area contributed by atoms with E-state index in [0.29, 0.717) is 12.2 Å². The van der Waals surface area contributed by atoms with Crippen LogP contribution in [0.3, 0.4) is 0 Å². The smallest absolute Gasteiger partial charge is 0.287 e. The predicted octanol–water partition coefficient (Wildman–Crippen LogP) is 2.65. The molecule has 0 atom stereocenters. The number of imidazole rings is 1. The van der Waals surface area contributed by atoms with Crippen molar-refractivity contribution in [3.05, 3.63) is 51.6 Å². The first-order valence-corrected chi connectivity index (χ1v) is 7.64. The van der Waals surface area contributed by atoms with Gasteiger partial charge < -0.3 is 9.88 Å². The molecule has 0 unspecified atom stereocenters. The van der Waals surface area contributed by atoms with Crippen LogP contribution in [0.15, 0.2) is 24.4 Å². The Morgan fingerprint density at radius 2 is 2.30 bits per heavy atom. The van der Waals surface area contributed by atoms with Gasteiger partial charge in [0.15, 0.2) is 0 Å². The van der Waals surface area contributed by atoms with Crippen molar-refractivity contribution >= 4 is 11.4 Å². The fourth-order valence-corrected chi connectivity index (χ4v) is 2.82. The minimum Gasteiger partial charge on any atom is -0.385 e. The molecule has 1 aliphatic heterocycles. The largest absolute Gasteiger partial charge is 0.385 e. The number of nitro groups is 1. The van der Waals surface area contributed by atoms with Gasteiger partial charge in [0.25, 0.3) is 5.69 Å². The summed E-state index contributed by atoms with van der Waals surface area (Å²) in [6.07, 6.45) is 6.34. The molecule has 0 aliphatic carbocycles. The lowest BCUT2D eigenvalue weighted by atomic mass is 10.1. The van der Waals surface area contributed by atoms with Crippen LogP contribution >= 0.6 is 0 Å². The van der Waals surface area contributed by atoms with Crippen molar-refractivity contribution in [2.45, 2.75) is 32.2 Å². The average Bonchev–Trinajstić information content (AvgIpc) is 2.97. The quantitative estimate of drug-likeness (QED) is 0.676. The maximum absolute atomic E-state index is 10.8. The van der Waals surface area contributed by atoms with Gasteiger partial charge in [0.05, 0.1) is 10.6 Å². The summed E-state index contributed by atoms with van der Waals surface area (Å²) in [5.74, 6) is 1.16. The van der Waals surface area contributed by atoms with Gasteiger partial charge in [-0.25, -0.2) is 4.98 Å². The molecule has 0 fully saturated rings. The summed E-state index contributed by atoms with van der Waals surface area (Å²) < 4.78 is 2.22. The number of nitro benzene ring substituents is 1. The van der Waals surface area contributed by atoms with E-state index in [4.69, 9.17) is 5.26 Å². The summed E-state index contributed by atoms with van der Waals surface area (Å²) in [5.41, 5.74) is 1.66. The third-order valence-electron chi connectivity index (χ3n) is 3.98. The zero-order valence-electron chi connectivity index (χ0n) is 12.7. The first kappa shape index (κ1) is 15.0. The second-order valence-electron chi connectivity index (χ2n) is 5.58. The van der Waals surface area contributed by atoms with Gasteiger partial charge in [0.1, 0.15) is 17.5 Å². The third-order valence-corrected chi connectivity index (χ3v) is 3.98. The lowest BCUT2D eigenvalue weighted by molar-refractivity contribution is -0.385. The van der Waals surface area contributed by atoms with Crippen molar-refractivity contribution in [2.75, 3.05) is 11.9 Å². The molecular weight excluding hydrogens is 294 g/mol. The Morgan fingerprint density at radius 3 is 3.04 bits per heavy atom. The minimum absolute atomic E-state index is 0.0671. The van der Waals surface area contributed by atoms with Crippen LogP contribution in [0.4, 0.5) is 11.4 Å². The number of nitrogens with one attached hydrogen (secondary N) is 1. The number of hydrogen-bond acceptors (Lipinski definition) is 5. The molecule has 2 heterocycles. The Morgan fingerprint density at radius 1 is 1.43 bits per heavy atom. The summed E-state index contributed by atoms with van der Waals surface area (Å²) in [7, 11) is 0. The van der Waals surface area contributed by atoms with E-state index in [-0.39, 0.29) is 11.3 Å². The summed E-state index contributed by atoms with van der Waals surface area (Å²) in [5, 5.41) is 23.0. The number of fused-ring (bicyclic) bond motifs is 1. The number of rotatable bonds is 5. The number of hydrogen-bond donors (Lipinski definition) is 1. The first-order chi connectivity index (χ1) is 11.2. The molecule has 2 aromatic rings. The van der Waals surface area contributed by atoms with E-state index in [0.717, 1.165) is 30.9 Å². The topological polar surface area (TPSA) is 96.8 Å². The van der Waals surface area contributed by atoms with E-state index in [1.165, 1.54) is 25.0 Å². The number of anilines is 1. The number of aryl methyl sites for hydroxylation is 2. The van der Waals surface area contributed by atoms with Gasteiger partial charge >= 0.3 is 0 Å². The van der Waals surface area contributed by atoms with Crippen molar-refractivity contribution in [3.63, 3.8) is 0 Å². The molecule has 0 saturated carbocycles. The number of nitriles is 1. The number of nitrogens with zero attached hydrogens (tertiary/aromatic N) is 4. The summed E-state index contributed by atoms with van der Waals surface area (Å²) in [6, 6.07) is 6.35. The molecule has 23 heavy (non-hydrogen) atoms. The highest BCUT2D eigenvalue weighted by atomic mass is 16.6. The Balaban J connectivity index is 1.61. The normalized spacial score (nSPS) is 13.2. The highest BCUT2D eigenvalue weighted by Crippen LogP contribution is 2.22. The second kappa shape index (κ2) is 6.48. The maximum atomic E-state index is 10.8. The van der Waals surface area contributed by atoms with Crippen LogP contribution in [0.25, 0.3) is 0 Å². The van der Waals surface area contributed by atoms with Crippen molar-refractivity contribution in [3.8, 4) is 6.07 Å². The Hall–Kier alpha value is -2.88. The van der Waals surface area contributed by atoms with E-state index >= 15 is 0 Å². The SMILES string of the molecule is N#Cc1cc(NCCc2cn3c(n2)CCCC3)ccc1[N+](=O)[O-]. The van der Waals surface area contributed by atoms with Crippen LogP contribution in [0.1, 0.15) is 29.9 Å². The van der Waals surface area contributed by atoms with Crippen molar-refractivity contribution in [1.29, 1.82) is 5.26 Å². The van der Waals surface area contributed by atoms with Crippen LogP contribution in [0.2, 0.25) is 0 Å². The van der Waals surface area contributed by atoms with E-state index in [9.17, 15) is 10.1 Å². The van der Waals surface area contributed by atoms with Crippen molar-refractivity contribution in [2.24, 2.45) is 0 Å². The Labute approximate surface area is 133 Å². The van der Waals surface area contributed by atoms with Crippen LogP contribution in [-0.4, -0.2) is 21.0 Å². The third kappa shape index (κ3) is 3.31. The highest BCUT2D eigenvalue weighted by Gasteiger charge is 2.14. The molecule has 3 rings (SSSR count). The van der Waals surface area contributed by atoms with E-state index in [1.807, 2.05) is 6.07 Å². The molecule has 1 N–H and O–H groups in total. The Kier molecular flexibility index (Phi) is 4.24. The fourth-order valence-electron chi connectivity index (χ4n) is 2.82.